The average molecular weight is 235 g/mol. The third-order valence-electron chi connectivity index (χ3n) is 1.11. The molecule has 0 aliphatic rings. The lowest BCUT2D eigenvalue weighted by Gasteiger charge is -1.96. The number of aliphatic hydroxyl groups excluding tert-OH is 1. The molecule has 0 atom stereocenters. The van der Waals surface area contributed by atoms with Crippen molar-refractivity contribution in [2.24, 2.45) is 0 Å². The number of aliphatic hydroxyl groups is 1. The van der Waals surface area contributed by atoms with Crippen LogP contribution >= 0.6 is 22.6 Å². The lowest BCUT2D eigenvalue weighted by molar-refractivity contribution is 0.281. The smallest absolute Gasteiger partial charge is 0.211 e. The van der Waals surface area contributed by atoms with Crippen molar-refractivity contribution in [1.82, 2.24) is 0 Å². The summed E-state index contributed by atoms with van der Waals surface area (Å²) < 4.78 is 7.68. The Balaban J connectivity index is 2.81. The maximum atomic E-state index is 6.53. The highest BCUT2D eigenvalue weighted by Gasteiger charge is 1.92. The first-order valence-corrected chi connectivity index (χ1v) is 3.74. The fourth-order valence-electron chi connectivity index (χ4n) is 0.615. The van der Waals surface area contributed by atoms with Gasteiger partial charge in [-0.2, -0.15) is 0 Å². The number of hydrogen-bond donors (Lipinski definition) is 1. The third-order valence-corrected chi connectivity index (χ3v) is 2.17. The molecule has 0 saturated carbocycles. The zero-order chi connectivity index (χ0) is 7.40. The molecule has 0 saturated heterocycles. The van der Waals surface area contributed by atoms with Crippen molar-refractivity contribution in [3.63, 3.8) is 0 Å². The Morgan fingerprint density at radius 3 is 3.00 bits per heavy atom. The molecule has 0 unspecified atom stereocenters. The highest BCUT2D eigenvalue weighted by molar-refractivity contribution is 14.1. The number of benzene rings is 1. The van der Waals surface area contributed by atoms with Gasteiger partial charge in [0, 0.05) is 3.57 Å². The molecule has 9 heavy (non-hydrogen) atoms. The second-order valence-corrected chi connectivity index (χ2v) is 2.90. The molecule has 1 aromatic rings. The standard InChI is InChI=1S/C7H7IO/c8-7-4-2-1-3-6(7)5-9/h1-4,9H,5H2/i9D. The SMILES string of the molecule is [2H]OCc1ccccc1I. The van der Waals surface area contributed by atoms with Gasteiger partial charge in [-0.3, -0.25) is 0 Å². The van der Waals surface area contributed by atoms with E-state index in [0.29, 0.717) is 6.61 Å². The van der Waals surface area contributed by atoms with Gasteiger partial charge in [-0.25, -0.2) is 0 Å². The maximum Gasteiger partial charge on any atom is 0.211 e. The summed E-state index contributed by atoms with van der Waals surface area (Å²) in [6.07, 6.45) is 0. The van der Waals surface area contributed by atoms with Crippen LogP contribution in [-0.2, 0) is 6.61 Å². The van der Waals surface area contributed by atoms with Crippen LogP contribution in [0.15, 0.2) is 24.3 Å². The van der Waals surface area contributed by atoms with Crippen LogP contribution in [0.4, 0.5) is 0 Å². The van der Waals surface area contributed by atoms with Gasteiger partial charge in [0.1, 0.15) is 0 Å². The molecule has 0 aliphatic heterocycles. The summed E-state index contributed by atoms with van der Waals surface area (Å²) in [5, 5.41) is 4.25. The molecule has 1 rings (SSSR count). The van der Waals surface area contributed by atoms with Crippen LogP contribution < -0.4 is 0 Å². The molecule has 0 amide bonds. The molecule has 0 radical (unpaired) electrons. The predicted octanol–water partition coefficient (Wildman–Crippen LogP) is 1.78. The van der Waals surface area contributed by atoms with Crippen LogP contribution in [0.3, 0.4) is 0 Å². The van der Waals surface area contributed by atoms with E-state index in [0.717, 1.165) is 9.13 Å². The van der Waals surface area contributed by atoms with Gasteiger partial charge in [0.2, 0.25) is 1.43 Å². The highest BCUT2D eigenvalue weighted by Crippen LogP contribution is 2.10. The van der Waals surface area contributed by atoms with Crippen molar-refractivity contribution in [2.75, 3.05) is 0 Å². The Bertz CT molecular complexity index is 215. The van der Waals surface area contributed by atoms with Gasteiger partial charge in [-0.1, -0.05) is 18.2 Å². The van der Waals surface area contributed by atoms with E-state index in [9.17, 15) is 0 Å². The Kier molecular flexibility index (Phi) is 2.00. The molecule has 0 fully saturated rings. The number of rotatable bonds is 2. The summed E-state index contributed by atoms with van der Waals surface area (Å²) in [6, 6.07) is 7.86. The van der Waals surface area contributed by atoms with Crippen molar-refractivity contribution in [3.05, 3.63) is 33.4 Å². The van der Waals surface area contributed by atoms with Crippen molar-refractivity contribution in [3.8, 4) is 0 Å². The van der Waals surface area contributed by atoms with E-state index in [1.165, 1.54) is 0 Å². The molecule has 2 heteroatoms. The number of halogens is 1. The highest BCUT2D eigenvalue weighted by atomic mass is 127. The summed E-state index contributed by atoms with van der Waals surface area (Å²) in [4.78, 5) is 0. The van der Waals surface area contributed by atoms with E-state index in [1.54, 1.807) is 0 Å². The summed E-state index contributed by atoms with van der Waals surface area (Å²) in [5.41, 5.74) is 1.07. The first kappa shape index (κ1) is 5.68. The van der Waals surface area contributed by atoms with Gasteiger partial charge in [-0.05, 0) is 34.2 Å². The minimum absolute atomic E-state index is 0.374. The van der Waals surface area contributed by atoms with E-state index in [4.69, 9.17) is 1.43 Å². The molecule has 1 nitrogen and oxygen atoms in total. The summed E-state index contributed by atoms with van der Waals surface area (Å²) >= 11 is 2.22. The molecular formula is C7H7IO. The molecule has 0 heterocycles. The predicted molar refractivity (Wildman–Crippen MR) is 45.1 cm³/mol. The zero-order valence-electron chi connectivity index (χ0n) is 5.80. The third kappa shape index (κ3) is 1.66. The minimum Gasteiger partial charge on any atom is -0.392 e. The van der Waals surface area contributed by atoms with Crippen LogP contribution in [0, 0.1) is 3.57 Å². The molecular weight excluding hydrogens is 227 g/mol. The Hall–Kier alpha value is -0.0900. The fourth-order valence-corrected chi connectivity index (χ4v) is 1.16. The second-order valence-electron chi connectivity index (χ2n) is 1.74. The minimum atomic E-state index is 0.374. The van der Waals surface area contributed by atoms with Crippen LogP contribution in [-0.4, -0.2) is 6.54 Å². The second kappa shape index (κ2) is 3.17. The summed E-state index contributed by atoms with van der Waals surface area (Å²) in [6.45, 7) is 0.374. The quantitative estimate of drug-likeness (QED) is 0.774. The molecule has 0 aliphatic carbocycles. The largest absolute Gasteiger partial charge is 0.392 e. The Morgan fingerprint density at radius 1 is 1.56 bits per heavy atom. The van der Waals surface area contributed by atoms with Crippen molar-refractivity contribution >= 4 is 22.6 Å². The van der Waals surface area contributed by atoms with Crippen molar-refractivity contribution < 1.29 is 5.11 Å². The van der Waals surface area contributed by atoms with Gasteiger partial charge >= 0.3 is 0 Å². The molecule has 1 aromatic carbocycles. The topological polar surface area (TPSA) is 20.2 Å². The average Bonchev–Trinajstić information content (AvgIpc) is 1.94. The monoisotopic (exact) mass is 235 g/mol. The van der Waals surface area contributed by atoms with Crippen LogP contribution in [0.1, 0.15) is 5.56 Å². The Labute approximate surface area is 69.3 Å². The molecule has 0 bridgehead atoms. The maximum absolute atomic E-state index is 6.53. The van der Waals surface area contributed by atoms with Gasteiger partial charge in [0.15, 0.2) is 0 Å². The van der Waals surface area contributed by atoms with Crippen LogP contribution in [0.25, 0.3) is 0 Å². The molecule has 1 N–H and O–H groups in total. The normalized spacial score (nSPS) is 11.0. The fraction of sp³-hybridized carbons (Fsp3) is 0.143. The van der Waals surface area contributed by atoms with Gasteiger partial charge in [-0.15, -0.1) is 0 Å². The first-order chi connectivity index (χ1) is 4.84. The van der Waals surface area contributed by atoms with Crippen molar-refractivity contribution in [2.45, 2.75) is 6.61 Å². The van der Waals surface area contributed by atoms with Gasteiger partial charge in [0.05, 0.1) is 6.61 Å². The summed E-state index contributed by atoms with van der Waals surface area (Å²) in [5.74, 6) is 0. The Morgan fingerprint density at radius 2 is 2.33 bits per heavy atom. The van der Waals surface area contributed by atoms with Crippen LogP contribution in [0.5, 0.6) is 0 Å². The number of hydrogen-bond acceptors (Lipinski definition) is 1. The van der Waals surface area contributed by atoms with Gasteiger partial charge < -0.3 is 5.11 Å². The van der Waals surface area contributed by atoms with E-state index < -0.39 is 0 Å². The molecule has 0 spiro atoms. The van der Waals surface area contributed by atoms with E-state index in [-0.39, 0.29) is 0 Å². The van der Waals surface area contributed by atoms with E-state index in [1.807, 2.05) is 24.3 Å². The van der Waals surface area contributed by atoms with Crippen molar-refractivity contribution in [1.29, 1.82) is 1.43 Å². The first-order valence-electron chi connectivity index (χ1n) is 3.07. The van der Waals surface area contributed by atoms with E-state index >= 15 is 0 Å². The lowest BCUT2D eigenvalue weighted by Crippen LogP contribution is -1.85. The molecule has 0 aromatic heterocycles. The van der Waals surface area contributed by atoms with E-state index in [2.05, 4.69) is 27.7 Å². The van der Waals surface area contributed by atoms with Gasteiger partial charge in [0.25, 0.3) is 0 Å². The van der Waals surface area contributed by atoms with Crippen LogP contribution in [0.2, 0.25) is 0 Å². The zero-order valence-corrected chi connectivity index (χ0v) is 6.96. The summed E-state index contributed by atoms with van der Waals surface area (Å²) in [7, 11) is 0. The molecule has 48 valence electrons. The lowest BCUT2D eigenvalue weighted by atomic mass is 10.2.